The van der Waals surface area contributed by atoms with E-state index in [1.807, 2.05) is 0 Å². The van der Waals surface area contributed by atoms with Crippen molar-refractivity contribution in [2.24, 2.45) is 5.92 Å². The van der Waals surface area contributed by atoms with Crippen molar-refractivity contribution in [1.82, 2.24) is 9.97 Å². The monoisotopic (exact) mass is 513 g/mol. The van der Waals surface area contributed by atoms with Crippen molar-refractivity contribution in [2.45, 2.75) is 42.9 Å². The van der Waals surface area contributed by atoms with E-state index < -0.39 is 15.8 Å². The number of H-pyrrole nitrogens is 1. The van der Waals surface area contributed by atoms with Gasteiger partial charge < -0.3 is 9.88 Å². The van der Waals surface area contributed by atoms with Crippen molar-refractivity contribution < 1.29 is 17.2 Å². The predicted octanol–water partition coefficient (Wildman–Crippen LogP) is 5.88. The number of fused-ring (bicyclic) bond motifs is 1. The molecule has 0 atom stereocenters. The summed E-state index contributed by atoms with van der Waals surface area (Å²) >= 11 is 13.1. The number of imidazole rings is 1. The molecule has 1 saturated heterocycles. The van der Waals surface area contributed by atoms with Gasteiger partial charge in [-0.15, -0.1) is 0 Å². The summed E-state index contributed by atoms with van der Waals surface area (Å²) in [4.78, 5) is 9.95. The van der Waals surface area contributed by atoms with E-state index in [0.717, 1.165) is 18.4 Å². The molecule has 1 aliphatic heterocycles. The first-order chi connectivity index (χ1) is 15.6. The molecule has 0 spiro atoms. The van der Waals surface area contributed by atoms with Gasteiger partial charge in [0.2, 0.25) is 0 Å². The van der Waals surface area contributed by atoms with Crippen LogP contribution in [0.5, 0.6) is 0 Å². The van der Waals surface area contributed by atoms with Gasteiger partial charge in [0.05, 0.1) is 31.9 Å². The van der Waals surface area contributed by atoms with Gasteiger partial charge in [-0.05, 0) is 42.5 Å². The van der Waals surface area contributed by atoms with Crippen molar-refractivity contribution in [3.05, 3.63) is 51.8 Å². The van der Waals surface area contributed by atoms with Crippen molar-refractivity contribution in [1.29, 1.82) is 0 Å². The SMILES string of the molecule is O=S(=O)(CC1CC1)c1ccc(Cc2nc3c(Cl)c(N4CCC(F)(F)CC4)c(Cl)cc3[nH]2)cc1. The van der Waals surface area contributed by atoms with Crippen LogP contribution in [0, 0.1) is 5.92 Å². The molecule has 176 valence electrons. The van der Waals surface area contributed by atoms with E-state index in [2.05, 4.69) is 9.97 Å². The third-order valence-electron chi connectivity index (χ3n) is 6.31. The smallest absolute Gasteiger partial charge is 0.251 e. The number of alkyl halides is 2. The molecule has 0 radical (unpaired) electrons. The van der Waals surface area contributed by atoms with Crippen molar-refractivity contribution in [3.63, 3.8) is 0 Å². The molecule has 5 rings (SSSR count). The van der Waals surface area contributed by atoms with Gasteiger partial charge in [-0.3, -0.25) is 0 Å². The number of rotatable bonds is 6. The number of sulfone groups is 1. The summed E-state index contributed by atoms with van der Waals surface area (Å²) < 4.78 is 52.0. The quantitative estimate of drug-likeness (QED) is 0.446. The number of halogens is 4. The summed E-state index contributed by atoms with van der Waals surface area (Å²) in [5.41, 5.74) is 2.63. The molecule has 1 aromatic heterocycles. The van der Waals surface area contributed by atoms with Crippen LogP contribution in [-0.4, -0.2) is 43.2 Å². The zero-order valence-corrected chi connectivity index (χ0v) is 20.1. The summed E-state index contributed by atoms with van der Waals surface area (Å²) in [6.45, 7) is 0.344. The van der Waals surface area contributed by atoms with E-state index in [1.165, 1.54) is 0 Å². The highest BCUT2D eigenvalue weighted by Crippen LogP contribution is 2.41. The largest absolute Gasteiger partial charge is 0.369 e. The Morgan fingerprint density at radius 2 is 1.79 bits per heavy atom. The summed E-state index contributed by atoms with van der Waals surface area (Å²) in [6, 6.07) is 8.59. The molecule has 5 nitrogen and oxygen atoms in total. The van der Waals surface area contributed by atoms with Gasteiger partial charge in [0.25, 0.3) is 5.92 Å². The van der Waals surface area contributed by atoms with Crippen LogP contribution in [0.1, 0.15) is 37.1 Å². The molecule has 2 aliphatic rings. The first-order valence-corrected chi connectivity index (χ1v) is 13.3. The molecule has 2 aromatic carbocycles. The van der Waals surface area contributed by atoms with E-state index in [1.54, 1.807) is 35.2 Å². The molecule has 0 bridgehead atoms. The van der Waals surface area contributed by atoms with E-state index in [-0.39, 0.29) is 31.7 Å². The molecular weight excluding hydrogens is 491 g/mol. The lowest BCUT2D eigenvalue weighted by Crippen LogP contribution is -2.39. The van der Waals surface area contributed by atoms with Gasteiger partial charge in [0, 0.05) is 32.4 Å². The van der Waals surface area contributed by atoms with Crippen LogP contribution in [0.25, 0.3) is 11.0 Å². The summed E-state index contributed by atoms with van der Waals surface area (Å²) in [5, 5.41) is 0.727. The Morgan fingerprint density at radius 3 is 2.42 bits per heavy atom. The summed E-state index contributed by atoms with van der Waals surface area (Å²) in [6.07, 6.45) is 1.95. The molecule has 2 fully saturated rings. The summed E-state index contributed by atoms with van der Waals surface area (Å²) in [5.74, 6) is -1.50. The van der Waals surface area contributed by atoms with Crippen LogP contribution in [0.3, 0.4) is 0 Å². The highest BCUT2D eigenvalue weighted by Gasteiger charge is 2.35. The minimum Gasteiger partial charge on any atom is -0.369 e. The number of benzene rings is 2. The second-order valence-corrected chi connectivity index (χ2v) is 11.8. The maximum absolute atomic E-state index is 13.6. The predicted molar refractivity (Wildman–Crippen MR) is 127 cm³/mol. The van der Waals surface area contributed by atoms with Crippen LogP contribution in [-0.2, 0) is 16.3 Å². The molecule has 33 heavy (non-hydrogen) atoms. The maximum Gasteiger partial charge on any atom is 0.251 e. The van der Waals surface area contributed by atoms with Crippen LogP contribution < -0.4 is 4.90 Å². The van der Waals surface area contributed by atoms with Crippen LogP contribution >= 0.6 is 23.2 Å². The number of hydrogen-bond acceptors (Lipinski definition) is 4. The van der Waals surface area contributed by atoms with Gasteiger partial charge in [0.1, 0.15) is 11.3 Å². The number of anilines is 1. The Kier molecular flexibility index (Phi) is 5.82. The Hall–Kier alpha value is -1.90. The molecule has 0 unspecified atom stereocenters. The van der Waals surface area contributed by atoms with Gasteiger partial charge in [-0.2, -0.15) is 0 Å². The molecule has 3 aromatic rings. The molecule has 0 amide bonds. The molecule has 1 N–H and O–H groups in total. The van der Waals surface area contributed by atoms with E-state index in [9.17, 15) is 17.2 Å². The van der Waals surface area contributed by atoms with E-state index in [4.69, 9.17) is 23.2 Å². The molecular formula is C23H23Cl2F2N3O2S. The van der Waals surface area contributed by atoms with E-state index in [0.29, 0.717) is 49.8 Å². The number of aromatic amines is 1. The fraction of sp³-hybridized carbons (Fsp3) is 0.435. The first kappa shape index (κ1) is 22.9. The molecule has 1 aliphatic carbocycles. The van der Waals surface area contributed by atoms with E-state index >= 15 is 0 Å². The zero-order valence-electron chi connectivity index (χ0n) is 17.8. The van der Waals surface area contributed by atoms with Crippen LogP contribution in [0.15, 0.2) is 35.2 Å². The van der Waals surface area contributed by atoms with Gasteiger partial charge >= 0.3 is 0 Å². The summed E-state index contributed by atoms with van der Waals surface area (Å²) in [7, 11) is -3.25. The maximum atomic E-state index is 13.6. The third-order valence-corrected chi connectivity index (χ3v) is 8.86. The normalized spacial score (nSPS) is 18.7. The lowest BCUT2D eigenvalue weighted by atomic mass is 10.1. The number of nitrogens with one attached hydrogen (secondary N) is 1. The standard InChI is InChI=1S/C23H23Cl2F2N3O2S/c24-17-12-18-21(20(25)22(17)30-9-7-23(26,27)8-10-30)29-19(28-18)11-14-3-5-16(6-4-14)33(31,32)13-15-1-2-15/h3-6,12,15H,1-2,7-11,13H2,(H,28,29). The fourth-order valence-electron chi connectivity index (χ4n) is 4.25. The van der Waals surface area contributed by atoms with Crippen molar-refractivity contribution >= 4 is 49.8 Å². The molecule has 2 heterocycles. The third kappa shape index (κ3) is 4.84. The molecule has 10 heteroatoms. The second-order valence-electron chi connectivity index (χ2n) is 8.99. The first-order valence-electron chi connectivity index (χ1n) is 10.9. The molecule has 1 saturated carbocycles. The second kappa shape index (κ2) is 8.40. The zero-order chi connectivity index (χ0) is 23.4. The van der Waals surface area contributed by atoms with Gasteiger partial charge in [0.15, 0.2) is 9.84 Å². The highest BCUT2D eigenvalue weighted by atomic mass is 35.5. The topological polar surface area (TPSA) is 66.1 Å². The Bertz CT molecular complexity index is 1300. The Labute approximate surface area is 201 Å². The number of piperidine rings is 1. The minimum absolute atomic E-state index is 0.172. The Balaban J connectivity index is 1.37. The van der Waals surface area contributed by atoms with Crippen molar-refractivity contribution in [2.75, 3.05) is 23.7 Å². The van der Waals surface area contributed by atoms with Crippen LogP contribution in [0.2, 0.25) is 10.0 Å². The van der Waals surface area contributed by atoms with Gasteiger partial charge in [-0.25, -0.2) is 22.2 Å². The lowest BCUT2D eigenvalue weighted by molar-refractivity contribution is -0.0220. The minimum atomic E-state index is -3.25. The number of aromatic nitrogens is 2. The fourth-order valence-corrected chi connectivity index (χ4v) is 6.69. The average Bonchev–Trinajstić information content (AvgIpc) is 3.46. The lowest BCUT2D eigenvalue weighted by Gasteiger charge is -2.34. The van der Waals surface area contributed by atoms with Crippen molar-refractivity contribution in [3.8, 4) is 0 Å². The Morgan fingerprint density at radius 1 is 1.12 bits per heavy atom. The van der Waals surface area contributed by atoms with Crippen LogP contribution in [0.4, 0.5) is 14.5 Å². The highest BCUT2D eigenvalue weighted by molar-refractivity contribution is 7.91. The number of hydrogen-bond donors (Lipinski definition) is 1. The number of nitrogens with zero attached hydrogens (tertiary/aromatic N) is 2. The van der Waals surface area contributed by atoms with Gasteiger partial charge in [-0.1, -0.05) is 35.3 Å². The average molecular weight is 514 g/mol.